The van der Waals surface area contributed by atoms with Crippen LogP contribution in [0.15, 0.2) is 31.1 Å². The van der Waals surface area contributed by atoms with Gasteiger partial charge in [0, 0.05) is 26.1 Å². The average Bonchev–Trinajstić information content (AvgIpc) is 3.73. The van der Waals surface area contributed by atoms with Crippen LogP contribution in [0.1, 0.15) is 47.8 Å². The van der Waals surface area contributed by atoms with Gasteiger partial charge >= 0.3 is 6.09 Å². The molecule has 0 atom stereocenters. The highest BCUT2D eigenvalue weighted by atomic mass is 16.6. The summed E-state index contributed by atoms with van der Waals surface area (Å²) < 4.78 is 6.95. The molecule has 3 aromatic heterocycles. The van der Waals surface area contributed by atoms with E-state index in [0.29, 0.717) is 11.6 Å². The fraction of sp³-hybridized carbons (Fsp3) is 0.381. The van der Waals surface area contributed by atoms with E-state index in [1.165, 1.54) is 17.2 Å². The maximum atomic E-state index is 12.9. The number of aryl methyl sites for hydroxylation is 1. The van der Waals surface area contributed by atoms with E-state index in [4.69, 9.17) is 4.74 Å². The molecule has 3 aromatic rings. The highest BCUT2D eigenvalue weighted by Gasteiger charge is 2.33. The number of ether oxygens (including phenoxy) is 1. The molecule has 12 heteroatoms. The predicted molar refractivity (Wildman–Crippen MR) is 117 cm³/mol. The van der Waals surface area contributed by atoms with Crippen molar-refractivity contribution in [2.24, 2.45) is 7.05 Å². The molecule has 2 aliphatic carbocycles. The van der Waals surface area contributed by atoms with Crippen molar-refractivity contribution < 1.29 is 14.3 Å². The molecule has 2 aliphatic rings. The number of nitrogens with zero attached hydrogens (tertiary/aromatic N) is 7. The molecule has 170 valence electrons. The summed E-state index contributed by atoms with van der Waals surface area (Å²) in [6.07, 6.45) is 10.8. The van der Waals surface area contributed by atoms with Gasteiger partial charge in [0.25, 0.3) is 11.8 Å². The normalized spacial score (nSPS) is 15.1. The van der Waals surface area contributed by atoms with E-state index in [1.807, 2.05) is 0 Å². The van der Waals surface area contributed by atoms with E-state index in [0.717, 1.165) is 31.4 Å². The van der Waals surface area contributed by atoms with Gasteiger partial charge in [0.1, 0.15) is 12.0 Å². The van der Waals surface area contributed by atoms with Gasteiger partial charge in [-0.15, -0.1) is 0 Å². The number of rotatable bonds is 7. The molecule has 2 amide bonds. The molecule has 0 radical (unpaired) electrons. The Hall–Kier alpha value is -4.09. The van der Waals surface area contributed by atoms with Gasteiger partial charge in [0.2, 0.25) is 0 Å². The van der Waals surface area contributed by atoms with Crippen LogP contribution >= 0.6 is 0 Å². The SMILES string of the molecule is CN(C(=O)c1c(NC(=O)Oc2nc(C3CC3)cnc2Nc2cncnc2)cnn1C)C1CC1. The summed E-state index contributed by atoms with van der Waals surface area (Å²) >= 11 is 0. The van der Waals surface area contributed by atoms with Crippen LogP contribution in [0.2, 0.25) is 0 Å². The minimum Gasteiger partial charge on any atom is -0.387 e. The zero-order chi connectivity index (χ0) is 22.9. The molecular formula is C21H23N9O3. The summed E-state index contributed by atoms with van der Waals surface area (Å²) in [7, 11) is 3.40. The van der Waals surface area contributed by atoms with Crippen molar-refractivity contribution in [3.8, 4) is 5.88 Å². The van der Waals surface area contributed by atoms with E-state index in [9.17, 15) is 9.59 Å². The van der Waals surface area contributed by atoms with Crippen LogP contribution in [0.5, 0.6) is 5.88 Å². The van der Waals surface area contributed by atoms with Crippen LogP contribution in [0.25, 0.3) is 0 Å². The number of aromatic nitrogens is 6. The van der Waals surface area contributed by atoms with Crippen molar-refractivity contribution in [3.05, 3.63) is 42.5 Å². The van der Waals surface area contributed by atoms with Gasteiger partial charge in [-0.3, -0.25) is 14.8 Å². The van der Waals surface area contributed by atoms with Crippen LogP contribution < -0.4 is 15.4 Å². The summed E-state index contributed by atoms with van der Waals surface area (Å²) in [5.74, 6) is 0.375. The number of carbonyl (C=O) groups excluding carboxylic acids is 2. The number of amides is 2. The van der Waals surface area contributed by atoms with Crippen LogP contribution in [-0.2, 0) is 7.05 Å². The Bertz CT molecular complexity index is 1190. The van der Waals surface area contributed by atoms with E-state index in [-0.39, 0.29) is 35.0 Å². The number of carbonyl (C=O) groups is 2. The number of hydrogen-bond acceptors (Lipinski definition) is 9. The van der Waals surface area contributed by atoms with E-state index < -0.39 is 6.09 Å². The number of anilines is 3. The third-order valence-electron chi connectivity index (χ3n) is 5.56. The Balaban J connectivity index is 1.35. The van der Waals surface area contributed by atoms with Crippen LogP contribution in [-0.4, -0.2) is 59.7 Å². The molecule has 0 aliphatic heterocycles. The first-order valence-corrected chi connectivity index (χ1v) is 10.7. The molecule has 2 N–H and O–H groups in total. The lowest BCUT2D eigenvalue weighted by atomic mass is 10.3. The molecule has 0 unspecified atom stereocenters. The Morgan fingerprint density at radius 3 is 2.58 bits per heavy atom. The Morgan fingerprint density at radius 2 is 1.88 bits per heavy atom. The Labute approximate surface area is 189 Å². The van der Waals surface area contributed by atoms with Gasteiger partial charge in [-0.05, 0) is 25.7 Å². The predicted octanol–water partition coefficient (Wildman–Crippen LogP) is 2.47. The smallest absolute Gasteiger partial charge is 0.387 e. The maximum absolute atomic E-state index is 12.9. The topological polar surface area (TPSA) is 140 Å². The third-order valence-corrected chi connectivity index (χ3v) is 5.56. The highest BCUT2D eigenvalue weighted by molar-refractivity contribution is 6.01. The van der Waals surface area contributed by atoms with Crippen molar-refractivity contribution in [1.82, 2.24) is 34.6 Å². The molecule has 3 heterocycles. The van der Waals surface area contributed by atoms with E-state index in [1.54, 1.807) is 37.6 Å². The molecule has 33 heavy (non-hydrogen) atoms. The first-order valence-electron chi connectivity index (χ1n) is 10.7. The largest absolute Gasteiger partial charge is 0.418 e. The van der Waals surface area contributed by atoms with Crippen molar-refractivity contribution >= 4 is 29.2 Å². The van der Waals surface area contributed by atoms with E-state index in [2.05, 4.69) is 35.7 Å². The first-order chi connectivity index (χ1) is 16.0. The molecule has 0 saturated heterocycles. The Kier molecular flexibility index (Phi) is 5.32. The molecule has 0 aromatic carbocycles. The summed E-state index contributed by atoms with van der Waals surface area (Å²) in [6.45, 7) is 0. The van der Waals surface area contributed by atoms with Crippen molar-refractivity contribution in [2.75, 3.05) is 17.7 Å². The van der Waals surface area contributed by atoms with Gasteiger partial charge in [0.15, 0.2) is 5.82 Å². The zero-order valence-electron chi connectivity index (χ0n) is 18.2. The second-order valence-electron chi connectivity index (χ2n) is 8.17. The molecule has 2 saturated carbocycles. The summed E-state index contributed by atoms with van der Waals surface area (Å²) in [4.78, 5) is 44.1. The maximum Gasteiger partial charge on any atom is 0.418 e. The van der Waals surface area contributed by atoms with Crippen LogP contribution in [0.4, 0.5) is 22.0 Å². The van der Waals surface area contributed by atoms with Crippen LogP contribution in [0, 0.1) is 0 Å². The minimum atomic E-state index is -0.805. The second kappa shape index (κ2) is 8.45. The van der Waals surface area contributed by atoms with Crippen molar-refractivity contribution in [3.63, 3.8) is 0 Å². The number of nitrogens with one attached hydrogen (secondary N) is 2. The van der Waals surface area contributed by atoms with Crippen LogP contribution in [0.3, 0.4) is 0 Å². The third kappa shape index (κ3) is 4.59. The van der Waals surface area contributed by atoms with Gasteiger partial charge in [-0.2, -0.15) is 5.10 Å². The molecule has 0 spiro atoms. The van der Waals surface area contributed by atoms with Gasteiger partial charge in [0.05, 0.1) is 41.9 Å². The molecular weight excluding hydrogens is 426 g/mol. The lowest BCUT2D eigenvalue weighted by Crippen LogP contribution is -2.31. The highest BCUT2D eigenvalue weighted by Crippen LogP contribution is 2.40. The second-order valence-corrected chi connectivity index (χ2v) is 8.17. The summed E-state index contributed by atoms with van der Waals surface area (Å²) in [6, 6.07) is 0.225. The van der Waals surface area contributed by atoms with E-state index >= 15 is 0 Å². The molecule has 0 bridgehead atoms. The van der Waals surface area contributed by atoms with Crippen molar-refractivity contribution in [1.29, 1.82) is 0 Å². The quantitative estimate of drug-likeness (QED) is 0.556. The first kappa shape index (κ1) is 20.8. The average molecular weight is 449 g/mol. The van der Waals surface area contributed by atoms with Gasteiger partial charge < -0.3 is 15.0 Å². The van der Waals surface area contributed by atoms with Gasteiger partial charge in [-0.25, -0.2) is 24.7 Å². The summed E-state index contributed by atoms with van der Waals surface area (Å²) in [5, 5.41) is 9.76. The molecule has 2 fully saturated rings. The fourth-order valence-electron chi connectivity index (χ4n) is 3.42. The number of hydrogen-bond donors (Lipinski definition) is 2. The summed E-state index contributed by atoms with van der Waals surface area (Å²) in [5.41, 5.74) is 1.87. The van der Waals surface area contributed by atoms with Crippen molar-refractivity contribution in [2.45, 2.75) is 37.6 Å². The monoisotopic (exact) mass is 449 g/mol. The lowest BCUT2D eigenvalue weighted by molar-refractivity contribution is 0.0775. The fourth-order valence-corrected chi connectivity index (χ4v) is 3.42. The molecule has 12 nitrogen and oxygen atoms in total. The standard InChI is InChI=1S/C21H23N9O3/c1-29(14-5-6-14)20(31)17-16(10-25-30(17)2)28-21(32)33-19-18(26-13-7-22-11-23-8-13)24-9-15(27-19)12-3-4-12/h7-12,14H,3-6H2,1-2H3,(H,24,26)(H,28,32). The molecule has 5 rings (SSSR count). The minimum absolute atomic E-state index is 0.0209. The Morgan fingerprint density at radius 1 is 1.12 bits per heavy atom. The van der Waals surface area contributed by atoms with Gasteiger partial charge in [-0.1, -0.05) is 0 Å². The zero-order valence-corrected chi connectivity index (χ0v) is 18.2. The lowest BCUT2D eigenvalue weighted by Gasteiger charge is -2.17.